The van der Waals surface area contributed by atoms with Crippen molar-refractivity contribution < 1.29 is 0 Å². The average Bonchev–Trinajstić information content (AvgIpc) is 2.33. The molecule has 2 rings (SSSR count). The number of hydrogen-bond acceptors (Lipinski definition) is 3. The molecule has 0 spiro atoms. The van der Waals surface area contributed by atoms with Crippen molar-refractivity contribution >= 4 is 36.6 Å². The molecule has 0 aliphatic carbocycles. The number of aromatic amines is 1. The van der Waals surface area contributed by atoms with Crippen LogP contribution in [-0.2, 0) is 0 Å². The van der Waals surface area contributed by atoms with E-state index in [0.29, 0.717) is 19.3 Å². The first kappa shape index (κ1) is 6.22. The molecule has 2 aromatic rings. The van der Waals surface area contributed by atoms with Crippen molar-refractivity contribution in [3.63, 3.8) is 0 Å². The van der Waals surface area contributed by atoms with Crippen molar-refractivity contribution in [2.75, 3.05) is 0 Å². The van der Waals surface area contributed by atoms with Crippen molar-refractivity contribution in [2.24, 2.45) is 0 Å². The summed E-state index contributed by atoms with van der Waals surface area (Å²) in [4.78, 5) is 11.0. The number of nitrogens with zero attached hydrogens (tertiary/aromatic N) is 2. The predicted octanol–water partition coefficient (Wildman–Crippen LogP) is 0.744. The van der Waals surface area contributed by atoms with Crippen molar-refractivity contribution in [1.82, 2.24) is 15.0 Å². The van der Waals surface area contributed by atoms with Gasteiger partial charge in [-0.25, -0.2) is 0 Å². The Morgan fingerprint density at radius 3 is 3.30 bits per heavy atom. The molecule has 0 saturated heterocycles. The normalized spacial score (nSPS) is 10.4. The van der Waals surface area contributed by atoms with Gasteiger partial charge in [-0.05, 0) is 0 Å². The third-order valence-corrected chi connectivity index (χ3v) is 2.93. The summed E-state index contributed by atoms with van der Waals surface area (Å²) in [5.74, 6) is 0. The molecule has 1 N–H and O–H groups in total. The Morgan fingerprint density at radius 2 is 2.40 bits per heavy atom. The van der Waals surface area contributed by atoms with Gasteiger partial charge in [-0.1, -0.05) is 0 Å². The second kappa shape index (κ2) is 2.27. The van der Waals surface area contributed by atoms with E-state index in [1.807, 2.05) is 5.07 Å². The maximum absolute atomic E-state index is 4.82. The van der Waals surface area contributed by atoms with Crippen LogP contribution in [0.25, 0.3) is 9.91 Å². The van der Waals surface area contributed by atoms with E-state index in [1.165, 1.54) is 4.26 Å². The van der Waals surface area contributed by atoms with Crippen molar-refractivity contribution in [1.29, 1.82) is 0 Å². The molecule has 5 heteroatoms. The van der Waals surface area contributed by atoms with Crippen molar-refractivity contribution in [2.45, 2.75) is 0 Å². The number of nitrogens with one attached hydrogen (secondary N) is 1. The Morgan fingerprint density at radius 1 is 1.50 bits per heavy atom. The SMILES string of the molecule is S=c1ncc2[se]cnc2[nH]1. The summed E-state index contributed by atoms with van der Waals surface area (Å²) in [5, 5.41) is 1.91. The van der Waals surface area contributed by atoms with E-state index in [9.17, 15) is 0 Å². The zero-order valence-corrected chi connectivity index (χ0v) is 7.40. The van der Waals surface area contributed by atoms with Gasteiger partial charge in [0.1, 0.15) is 0 Å². The van der Waals surface area contributed by atoms with Crippen LogP contribution in [0.3, 0.4) is 0 Å². The summed E-state index contributed by atoms with van der Waals surface area (Å²) >= 11 is 5.18. The van der Waals surface area contributed by atoms with Crippen molar-refractivity contribution in [3.8, 4) is 0 Å². The van der Waals surface area contributed by atoms with Gasteiger partial charge in [0.2, 0.25) is 0 Å². The molecule has 0 amide bonds. The topological polar surface area (TPSA) is 41.6 Å². The number of H-pyrrole nitrogens is 1. The molecule has 50 valence electrons. The summed E-state index contributed by atoms with van der Waals surface area (Å²) in [6.45, 7) is 0. The van der Waals surface area contributed by atoms with E-state index in [-0.39, 0.29) is 0 Å². The van der Waals surface area contributed by atoms with Crippen molar-refractivity contribution in [3.05, 3.63) is 16.0 Å². The van der Waals surface area contributed by atoms with Gasteiger partial charge in [-0.2, -0.15) is 0 Å². The first-order valence-electron chi connectivity index (χ1n) is 2.65. The van der Waals surface area contributed by atoms with Gasteiger partial charge in [0.25, 0.3) is 0 Å². The van der Waals surface area contributed by atoms with Crippen LogP contribution in [0.1, 0.15) is 0 Å². The minimum absolute atomic E-state index is 0.363. The van der Waals surface area contributed by atoms with Crippen LogP contribution in [-0.4, -0.2) is 29.5 Å². The summed E-state index contributed by atoms with van der Waals surface area (Å²) in [5.41, 5.74) is 0.889. The Balaban J connectivity index is 2.99. The van der Waals surface area contributed by atoms with Crippen LogP contribution < -0.4 is 0 Å². The van der Waals surface area contributed by atoms with Gasteiger partial charge in [0.15, 0.2) is 0 Å². The van der Waals surface area contributed by atoms with E-state index in [0.717, 1.165) is 5.65 Å². The monoisotopic (exact) mass is 217 g/mol. The molecule has 0 aromatic carbocycles. The van der Waals surface area contributed by atoms with Gasteiger partial charge >= 0.3 is 67.6 Å². The molecule has 0 atom stereocenters. The van der Waals surface area contributed by atoms with E-state index in [4.69, 9.17) is 12.2 Å². The third kappa shape index (κ3) is 0.923. The summed E-state index contributed by atoms with van der Waals surface area (Å²) in [6.07, 6.45) is 1.79. The molecule has 0 fully saturated rings. The molecule has 0 bridgehead atoms. The van der Waals surface area contributed by atoms with Crippen LogP contribution >= 0.6 is 12.2 Å². The zero-order valence-electron chi connectivity index (χ0n) is 4.87. The number of aromatic nitrogens is 3. The molecule has 2 aromatic heterocycles. The summed E-state index contributed by atoms with van der Waals surface area (Å²) in [7, 11) is 0. The first-order chi connectivity index (χ1) is 4.86. The standard InChI is InChI=1S/C5H3N3SSe/c9-5-6-1-3-4(8-5)7-2-10-3/h1-2H,(H,6,8,9). The second-order valence-corrected chi connectivity index (χ2v) is 4.00. The maximum atomic E-state index is 4.82. The Bertz CT molecular complexity index is 404. The predicted molar refractivity (Wildman–Crippen MR) is 41.7 cm³/mol. The second-order valence-electron chi connectivity index (χ2n) is 1.75. The van der Waals surface area contributed by atoms with E-state index in [1.54, 1.807) is 6.20 Å². The fraction of sp³-hybridized carbons (Fsp3) is 0. The fourth-order valence-corrected chi connectivity index (χ4v) is 2.10. The van der Waals surface area contributed by atoms with Gasteiger partial charge in [-0.3, -0.25) is 0 Å². The summed E-state index contributed by atoms with van der Waals surface area (Å²) in [6, 6.07) is 0. The Hall–Kier alpha value is -0.511. The molecular formula is C5H3N3SSe. The minimum atomic E-state index is 0.363. The van der Waals surface area contributed by atoms with Crippen LogP contribution in [0, 0.1) is 4.77 Å². The van der Waals surface area contributed by atoms with Gasteiger partial charge in [0, 0.05) is 0 Å². The van der Waals surface area contributed by atoms with E-state index >= 15 is 0 Å². The molecule has 0 unspecified atom stereocenters. The first-order valence-corrected chi connectivity index (χ1v) is 4.90. The van der Waals surface area contributed by atoms with Crippen LogP contribution in [0.4, 0.5) is 0 Å². The number of rotatable bonds is 0. The molecule has 10 heavy (non-hydrogen) atoms. The third-order valence-electron chi connectivity index (χ3n) is 1.12. The number of fused-ring (bicyclic) bond motifs is 1. The zero-order chi connectivity index (χ0) is 6.97. The van der Waals surface area contributed by atoms with Gasteiger partial charge in [-0.15, -0.1) is 0 Å². The Labute approximate surface area is 67.9 Å². The molecular weight excluding hydrogens is 213 g/mol. The molecule has 2 heterocycles. The van der Waals surface area contributed by atoms with E-state index in [2.05, 4.69) is 15.0 Å². The molecule has 0 radical (unpaired) electrons. The molecule has 3 nitrogen and oxygen atoms in total. The number of hydrogen-bond donors (Lipinski definition) is 1. The van der Waals surface area contributed by atoms with Crippen LogP contribution in [0.5, 0.6) is 0 Å². The quantitative estimate of drug-likeness (QED) is 0.521. The van der Waals surface area contributed by atoms with Crippen LogP contribution in [0.15, 0.2) is 11.3 Å². The van der Waals surface area contributed by atoms with Crippen LogP contribution in [0.2, 0.25) is 0 Å². The van der Waals surface area contributed by atoms with E-state index < -0.39 is 0 Å². The average molecular weight is 216 g/mol. The molecule has 0 aliphatic heterocycles. The Kier molecular flexibility index (Phi) is 1.41. The fourth-order valence-electron chi connectivity index (χ4n) is 0.692. The van der Waals surface area contributed by atoms with Gasteiger partial charge in [0.05, 0.1) is 0 Å². The van der Waals surface area contributed by atoms with Gasteiger partial charge < -0.3 is 0 Å². The molecule has 0 aliphatic rings. The molecule has 0 saturated carbocycles. The summed E-state index contributed by atoms with van der Waals surface area (Å²) < 4.78 is 1.69.